The van der Waals surface area contributed by atoms with E-state index >= 15 is 0 Å². The van der Waals surface area contributed by atoms with Crippen LogP contribution < -0.4 is 9.64 Å². The molecule has 0 saturated heterocycles. The van der Waals surface area contributed by atoms with Crippen molar-refractivity contribution in [3.63, 3.8) is 0 Å². The van der Waals surface area contributed by atoms with Gasteiger partial charge < -0.3 is 19.3 Å². The minimum Gasteiger partial charge on any atom is -0.480 e. The van der Waals surface area contributed by atoms with Gasteiger partial charge in [-0.2, -0.15) is 4.37 Å². The fraction of sp³-hybridized carbons (Fsp3) is 0.529. The first-order valence-corrected chi connectivity index (χ1v) is 9.11. The number of fused-ring (bicyclic) bond motifs is 1. The molecule has 0 radical (unpaired) electrons. The average molecular weight is 376 g/mol. The summed E-state index contributed by atoms with van der Waals surface area (Å²) in [7, 11) is 3.57. The molecule has 0 unspecified atom stereocenters. The van der Waals surface area contributed by atoms with E-state index in [0.29, 0.717) is 17.9 Å². The highest BCUT2D eigenvalue weighted by Crippen LogP contribution is 2.33. The first kappa shape index (κ1) is 18.5. The Morgan fingerprint density at radius 2 is 2.08 bits per heavy atom. The molecule has 0 aliphatic rings. The number of aromatic nitrogens is 5. The van der Waals surface area contributed by atoms with Crippen molar-refractivity contribution in [2.24, 2.45) is 5.41 Å². The molecule has 8 nitrogen and oxygen atoms in total. The van der Waals surface area contributed by atoms with Crippen LogP contribution >= 0.6 is 11.5 Å². The van der Waals surface area contributed by atoms with Gasteiger partial charge in [0.1, 0.15) is 6.33 Å². The van der Waals surface area contributed by atoms with Crippen LogP contribution in [-0.2, 0) is 6.54 Å². The largest absolute Gasteiger partial charge is 0.480 e. The molecular weight excluding hydrogens is 352 g/mol. The number of aliphatic hydroxyl groups excluding tert-OH is 1. The predicted molar refractivity (Wildman–Crippen MR) is 102 cm³/mol. The van der Waals surface area contributed by atoms with Crippen molar-refractivity contribution in [1.82, 2.24) is 23.9 Å². The molecule has 0 aliphatic heterocycles. The molecule has 0 spiro atoms. The lowest BCUT2D eigenvalue weighted by molar-refractivity contribution is 0.140. The van der Waals surface area contributed by atoms with Gasteiger partial charge in [0, 0.05) is 18.0 Å². The van der Waals surface area contributed by atoms with Gasteiger partial charge in [0.15, 0.2) is 17.0 Å². The van der Waals surface area contributed by atoms with Crippen LogP contribution in [0, 0.1) is 5.41 Å². The third-order valence-corrected chi connectivity index (χ3v) is 5.10. The molecule has 3 heterocycles. The van der Waals surface area contributed by atoms with Gasteiger partial charge in [0.05, 0.1) is 32.6 Å². The summed E-state index contributed by atoms with van der Waals surface area (Å²) in [6, 6.07) is 1.80. The van der Waals surface area contributed by atoms with Crippen molar-refractivity contribution in [1.29, 1.82) is 0 Å². The van der Waals surface area contributed by atoms with Gasteiger partial charge in [-0.3, -0.25) is 0 Å². The molecule has 0 aromatic carbocycles. The highest BCUT2D eigenvalue weighted by Gasteiger charge is 2.28. The van der Waals surface area contributed by atoms with Crippen LogP contribution in [0.5, 0.6) is 5.88 Å². The fourth-order valence-corrected chi connectivity index (χ4v) is 3.64. The molecule has 0 bridgehead atoms. The lowest BCUT2D eigenvalue weighted by Gasteiger charge is -2.30. The monoisotopic (exact) mass is 376 g/mol. The Balaban J connectivity index is 1.95. The average Bonchev–Trinajstić information content (AvgIpc) is 3.21. The van der Waals surface area contributed by atoms with Crippen molar-refractivity contribution in [2.45, 2.75) is 33.4 Å². The molecule has 140 valence electrons. The SMILES string of the molecule is COc1cc(CN(C)c2ncnc3c2ncn3[C@H](CO)C(C)(C)C)sn1. The minimum atomic E-state index is -0.126. The van der Waals surface area contributed by atoms with Gasteiger partial charge in [0.25, 0.3) is 0 Å². The molecule has 1 atom stereocenters. The smallest absolute Gasteiger partial charge is 0.225 e. The van der Waals surface area contributed by atoms with Crippen LogP contribution in [-0.4, -0.2) is 49.8 Å². The van der Waals surface area contributed by atoms with Gasteiger partial charge >= 0.3 is 0 Å². The maximum Gasteiger partial charge on any atom is 0.225 e. The number of nitrogens with zero attached hydrogens (tertiary/aromatic N) is 6. The molecule has 0 fully saturated rings. The Morgan fingerprint density at radius 3 is 2.69 bits per heavy atom. The second-order valence-electron chi connectivity index (χ2n) is 7.28. The Hall–Kier alpha value is -2.26. The second-order valence-corrected chi connectivity index (χ2v) is 8.17. The van der Waals surface area contributed by atoms with E-state index in [0.717, 1.165) is 16.3 Å². The predicted octanol–water partition coefficient (Wildman–Crippen LogP) is 2.51. The summed E-state index contributed by atoms with van der Waals surface area (Å²) < 4.78 is 11.3. The molecule has 9 heteroatoms. The maximum atomic E-state index is 9.87. The summed E-state index contributed by atoms with van der Waals surface area (Å²) in [4.78, 5) is 16.4. The molecule has 26 heavy (non-hydrogen) atoms. The third-order valence-electron chi connectivity index (χ3n) is 4.35. The number of rotatable bonds is 6. The number of hydrogen-bond acceptors (Lipinski definition) is 8. The van der Waals surface area contributed by atoms with E-state index in [2.05, 4.69) is 40.1 Å². The van der Waals surface area contributed by atoms with E-state index in [1.54, 1.807) is 13.4 Å². The summed E-state index contributed by atoms with van der Waals surface area (Å²) in [6.07, 6.45) is 3.27. The molecule has 0 amide bonds. The Bertz CT molecular complexity index is 885. The number of imidazole rings is 1. The molecule has 3 rings (SSSR count). The van der Waals surface area contributed by atoms with Gasteiger partial charge in [-0.1, -0.05) is 20.8 Å². The highest BCUT2D eigenvalue weighted by atomic mass is 32.1. The summed E-state index contributed by atoms with van der Waals surface area (Å²) >= 11 is 1.40. The van der Waals surface area contributed by atoms with E-state index in [4.69, 9.17) is 4.74 Å². The Kier molecular flexibility index (Phi) is 5.10. The van der Waals surface area contributed by atoms with Crippen LogP contribution in [0.3, 0.4) is 0 Å². The first-order valence-electron chi connectivity index (χ1n) is 8.34. The lowest BCUT2D eigenvalue weighted by atomic mass is 9.87. The zero-order valence-electron chi connectivity index (χ0n) is 15.7. The number of methoxy groups -OCH3 is 1. The zero-order chi connectivity index (χ0) is 18.9. The quantitative estimate of drug-likeness (QED) is 0.707. The number of anilines is 1. The third kappa shape index (κ3) is 3.49. The van der Waals surface area contributed by atoms with Crippen molar-refractivity contribution in [3.05, 3.63) is 23.6 Å². The molecule has 0 aliphatic carbocycles. The van der Waals surface area contributed by atoms with E-state index in [1.165, 1.54) is 17.9 Å². The highest BCUT2D eigenvalue weighted by molar-refractivity contribution is 7.05. The van der Waals surface area contributed by atoms with Gasteiger partial charge in [-0.25, -0.2) is 15.0 Å². The Morgan fingerprint density at radius 1 is 1.31 bits per heavy atom. The van der Waals surface area contributed by atoms with Crippen LogP contribution in [0.15, 0.2) is 18.7 Å². The van der Waals surface area contributed by atoms with E-state index in [-0.39, 0.29) is 18.1 Å². The number of hydrogen-bond donors (Lipinski definition) is 1. The molecule has 0 saturated carbocycles. The van der Waals surface area contributed by atoms with Crippen molar-refractivity contribution in [2.75, 3.05) is 25.7 Å². The van der Waals surface area contributed by atoms with Crippen molar-refractivity contribution < 1.29 is 9.84 Å². The fourth-order valence-electron chi connectivity index (χ4n) is 2.90. The lowest BCUT2D eigenvalue weighted by Crippen LogP contribution is -2.27. The molecule has 3 aromatic heterocycles. The summed E-state index contributed by atoms with van der Waals surface area (Å²) in [5.74, 6) is 1.36. The first-order chi connectivity index (χ1) is 12.3. The van der Waals surface area contributed by atoms with Crippen molar-refractivity contribution in [3.8, 4) is 5.88 Å². The van der Waals surface area contributed by atoms with E-state index in [1.807, 2.05) is 22.6 Å². The van der Waals surface area contributed by atoms with Crippen LogP contribution in [0.2, 0.25) is 0 Å². The van der Waals surface area contributed by atoms with Gasteiger partial charge in [-0.05, 0) is 16.9 Å². The zero-order valence-corrected chi connectivity index (χ0v) is 16.5. The normalized spacial score (nSPS) is 13.2. The standard InChI is InChI=1S/C17H24N6O2S/c1-17(2,3)12(8-24)23-10-20-14-15(18-9-19-16(14)23)22(4)7-11-6-13(25-5)21-26-11/h6,9-10,12,24H,7-8H2,1-5H3/t12-/m1/s1. The minimum absolute atomic E-state index is 0.0186. The maximum absolute atomic E-state index is 9.87. The van der Waals surface area contributed by atoms with Gasteiger partial charge in [-0.15, -0.1) is 0 Å². The number of aliphatic hydroxyl groups is 1. The summed E-state index contributed by atoms with van der Waals surface area (Å²) in [6.45, 7) is 6.93. The van der Waals surface area contributed by atoms with Crippen LogP contribution in [0.1, 0.15) is 31.7 Å². The molecule has 1 N–H and O–H groups in total. The second kappa shape index (κ2) is 7.16. The summed E-state index contributed by atoms with van der Waals surface area (Å²) in [5.41, 5.74) is 1.31. The summed E-state index contributed by atoms with van der Waals surface area (Å²) in [5, 5.41) is 9.87. The molecule has 3 aromatic rings. The van der Waals surface area contributed by atoms with Gasteiger partial charge in [0.2, 0.25) is 5.88 Å². The van der Waals surface area contributed by atoms with Crippen LogP contribution in [0.25, 0.3) is 11.2 Å². The number of ether oxygens (including phenoxy) is 1. The topological polar surface area (TPSA) is 89.2 Å². The van der Waals surface area contributed by atoms with Crippen LogP contribution in [0.4, 0.5) is 5.82 Å². The van der Waals surface area contributed by atoms with Crippen molar-refractivity contribution >= 4 is 28.5 Å². The van der Waals surface area contributed by atoms with E-state index in [9.17, 15) is 5.11 Å². The molecular formula is C17H24N6O2S. The van der Waals surface area contributed by atoms with E-state index < -0.39 is 0 Å². The Labute approximate surface area is 156 Å².